The van der Waals surface area contributed by atoms with Gasteiger partial charge in [-0.05, 0) is 86.2 Å². The zero-order valence-electron chi connectivity index (χ0n) is 21.0. The minimum Gasteiger partial charge on any atom is -0.465 e. The van der Waals surface area contributed by atoms with Crippen LogP contribution in [0, 0.1) is 0 Å². The van der Waals surface area contributed by atoms with Crippen molar-refractivity contribution in [2.75, 3.05) is 7.11 Å². The second kappa shape index (κ2) is 9.47. The minimum atomic E-state index is -0.337. The lowest BCUT2D eigenvalue weighted by atomic mass is 9.71. The van der Waals surface area contributed by atoms with Gasteiger partial charge in [0.25, 0.3) is 0 Å². The van der Waals surface area contributed by atoms with Crippen molar-refractivity contribution in [2.45, 2.75) is 25.7 Å². The molecule has 0 N–H and O–H groups in total. The van der Waals surface area contributed by atoms with Crippen LogP contribution in [0.5, 0.6) is 0 Å². The van der Waals surface area contributed by atoms with E-state index in [9.17, 15) is 4.79 Å². The summed E-state index contributed by atoms with van der Waals surface area (Å²) < 4.78 is 4.83. The molecule has 4 aromatic carbocycles. The Bertz CT molecular complexity index is 1470. The molecule has 5 rings (SSSR count). The van der Waals surface area contributed by atoms with Gasteiger partial charge in [0.15, 0.2) is 0 Å². The number of esters is 1. The predicted molar refractivity (Wildman–Crippen MR) is 149 cm³/mol. The molecule has 1 aliphatic rings. The second-order valence-electron chi connectivity index (χ2n) is 9.96. The Morgan fingerprint density at radius 1 is 0.750 bits per heavy atom. The molecule has 1 aliphatic carbocycles. The maximum atomic E-state index is 11.8. The predicted octanol–water partition coefficient (Wildman–Crippen LogP) is 8.31. The molecule has 0 saturated heterocycles. The molecule has 0 heterocycles. The van der Waals surface area contributed by atoms with E-state index in [1.54, 1.807) is 12.1 Å². The fourth-order valence-electron chi connectivity index (χ4n) is 4.98. The number of methoxy groups -OCH3 is 1. The molecule has 0 fully saturated rings. The maximum absolute atomic E-state index is 11.8. The van der Waals surface area contributed by atoms with Crippen molar-refractivity contribution in [3.8, 4) is 11.1 Å². The van der Waals surface area contributed by atoms with E-state index >= 15 is 0 Å². The van der Waals surface area contributed by atoms with Crippen LogP contribution in [-0.2, 0) is 10.2 Å². The lowest BCUT2D eigenvalue weighted by Gasteiger charge is -2.33. The molecule has 0 spiro atoms. The highest BCUT2D eigenvalue weighted by Gasteiger charge is 2.29. The van der Waals surface area contributed by atoms with Crippen molar-refractivity contribution >= 4 is 17.1 Å². The van der Waals surface area contributed by atoms with E-state index in [4.69, 9.17) is 4.74 Å². The van der Waals surface area contributed by atoms with Crippen molar-refractivity contribution in [1.82, 2.24) is 0 Å². The summed E-state index contributed by atoms with van der Waals surface area (Å²) in [7, 11) is 1.39. The Kier molecular flexibility index (Phi) is 6.20. The average molecular weight is 471 g/mol. The van der Waals surface area contributed by atoms with Gasteiger partial charge in [0.05, 0.1) is 12.7 Å². The van der Waals surface area contributed by atoms with Gasteiger partial charge in [-0.25, -0.2) is 4.79 Å². The van der Waals surface area contributed by atoms with Crippen LogP contribution < -0.4 is 0 Å². The van der Waals surface area contributed by atoms with Crippen molar-refractivity contribution in [2.24, 2.45) is 0 Å². The van der Waals surface area contributed by atoms with E-state index in [2.05, 4.69) is 93.2 Å². The van der Waals surface area contributed by atoms with Crippen molar-refractivity contribution in [1.29, 1.82) is 0 Å². The quantitative estimate of drug-likeness (QED) is 0.274. The molecule has 0 unspecified atom stereocenters. The number of ether oxygens (including phenoxy) is 1. The van der Waals surface area contributed by atoms with E-state index in [0.29, 0.717) is 5.56 Å². The average Bonchev–Trinajstić information content (AvgIpc) is 2.92. The van der Waals surface area contributed by atoms with Crippen LogP contribution in [0.1, 0.15) is 58.4 Å². The molecule has 178 valence electrons. The first-order valence-corrected chi connectivity index (χ1v) is 12.3. The van der Waals surface area contributed by atoms with Gasteiger partial charge in [-0.15, -0.1) is 0 Å². The number of allylic oxidation sites excluding steroid dienone is 1. The molecule has 0 amide bonds. The molecule has 2 nitrogen and oxygen atoms in total. The number of hydrogen-bond acceptors (Lipinski definition) is 2. The van der Waals surface area contributed by atoms with Crippen LogP contribution in [0.4, 0.5) is 0 Å². The highest BCUT2D eigenvalue weighted by atomic mass is 16.5. The van der Waals surface area contributed by atoms with Gasteiger partial charge in [-0.2, -0.15) is 0 Å². The first kappa shape index (κ1) is 23.6. The highest BCUT2D eigenvalue weighted by molar-refractivity contribution is 5.91. The maximum Gasteiger partial charge on any atom is 0.337 e. The number of hydrogen-bond donors (Lipinski definition) is 0. The molecule has 0 aliphatic heterocycles. The standard InChI is InChI=1S/C34H30O2/c1-23(24-13-15-26(16-14-24)33(35)36-4)27-17-18-32-31(22-27)30(19-20-34(32,2)3)29-12-8-11-28(21-29)25-9-6-5-7-10-25/h5-19,21-22H,1,20H2,2-4H3. The van der Waals surface area contributed by atoms with Crippen LogP contribution in [0.2, 0.25) is 0 Å². The summed E-state index contributed by atoms with van der Waals surface area (Å²) >= 11 is 0. The Hall–Kier alpha value is -4.17. The van der Waals surface area contributed by atoms with E-state index in [1.165, 1.54) is 40.5 Å². The fourth-order valence-corrected chi connectivity index (χ4v) is 4.98. The summed E-state index contributed by atoms with van der Waals surface area (Å²) in [4.78, 5) is 11.8. The van der Waals surface area contributed by atoms with E-state index in [-0.39, 0.29) is 11.4 Å². The summed E-state index contributed by atoms with van der Waals surface area (Å²) in [5.74, 6) is -0.337. The third-order valence-electron chi connectivity index (χ3n) is 7.14. The molecular formula is C34H30O2. The monoisotopic (exact) mass is 470 g/mol. The van der Waals surface area contributed by atoms with Crippen molar-refractivity contribution < 1.29 is 9.53 Å². The molecule has 0 atom stereocenters. The summed E-state index contributed by atoms with van der Waals surface area (Å²) in [5.41, 5.74) is 11.1. The smallest absolute Gasteiger partial charge is 0.337 e. The number of carbonyl (C=O) groups is 1. The van der Waals surface area contributed by atoms with Gasteiger partial charge >= 0.3 is 5.97 Å². The Balaban J connectivity index is 1.54. The molecule has 0 aromatic heterocycles. The molecule has 36 heavy (non-hydrogen) atoms. The molecular weight excluding hydrogens is 440 g/mol. The Morgan fingerprint density at radius 3 is 2.11 bits per heavy atom. The second-order valence-corrected chi connectivity index (χ2v) is 9.96. The fraction of sp³-hybridized carbons (Fsp3) is 0.147. The van der Waals surface area contributed by atoms with Crippen molar-refractivity contribution in [3.05, 3.63) is 143 Å². The SMILES string of the molecule is C=C(c1ccc(C(=O)OC)cc1)c1ccc2c(c1)C(c1cccc(-c3ccccc3)c1)=CCC2(C)C. The summed E-state index contributed by atoms with van der Waals surface area (Å²) in [6.45, 7) is 9.00. The number of benzene rings is 4. The number of carbonyl (C=O) groups excluding carboxylic acids is 1. The zero-order chi connectivity index (χ0) is 25.3. The van der Waals surface area contributed by atoms with Crippen LogP contribution in [-0.4, -0.2) is 13.1 Å². The van der Waals surface area contributed by atoms with Crippen LogP contribution in [0.3, 0.4) is 0 Å². The topological polar surface area (TPSA) is 26.3 Å². The van der Waals surface area contributed by atoms with E-state index in [0.717, 1.165) is 23.1 Å². The molecule has 2 heteroatoms. The molecule has 4 aromatic rings. The van der Waals surface area contributed by atoms with E-state index in [1.807, 2.05) is 18.2 Å². The third kappa shape index (κ3) is 4.43. The molecule has 0 bridgehead atoms. The normalized spacial score (nSPS) is 13.9. The van der Waals surface area contributed by atoms with Gasteiger partial charge in [0, 0.05) is 0 Å². The van der Waals surface area contributed by atoms with Gasteiger partial charge in [0.1, 0.15) is 0 Å². The molecule has 0 saturated carbocycles. The first-order valence-electron chi connectivity index (χ1n) is 12.3. The lowest BCUT2D eigenvalue weighted by molar-refractivity contribution is 0.0600. The van der Waals surface area contributed by atoms with Gasteiger partial charge in [-0.3, -0.25) is 0 Å². The first-order chi connectivity index (χ1) is 17.4. The Labute approximate surface area is 213 Å². The highest BCUT2D eigenvalue weighted by Crippen LogP contribution is 2.43. The van der Waals surface area contributed by atoms with Gasteiger partial charge in [-0.1, -0.05) is 99.3 Å². The molecule has 0 radical (unpaired) electrons. The van der Waals surface area contributed by atoms with Crippen LogP contribution >= 0.6 is 0 Å². The lowest BCUT2D eigenvalue weighted by Crippen LogP contribution is -2.22. The van der Waals surface area contributed by atoms with Gasteiger partial charge in [0.2, 0.25) is 0 Å². The summed E-state index contributed by atoms with van der Waals surface area (Å²) in [6, 6.07) is 33.4. The van der Waals surface area contributed by atoms with Crippen LogP contribution in [0.25, 0.3) is 22.3 Å². The van der Waals surface area contributed by atoms with Crippen LogP contribution in [0.15, 0.2) is 110 Å². The van der Waals surface area contributed by atoms with Gasteiger partial charge < -0.3 is 4.74 Å². The zero-order valence-corrected chi connectivity index (χ0v) is 21.0. The number of fused-ring (bicyclic) bond motifs is 1. The largest absolute Gasteiger partial charge is 0.465 e. The summed E-state index contributed by atoms with van der Waals surface area (Å²) in [6.07, 6.45) is 3.37. The summed E-state index contributed by atoms with van der Waals surface area (Å²) in [5, 5.41) is 0. The Morgan fingerprint density at radius 2 is 1.39 bits per heavy atom. The minimum absolute atomic E-state index is 0.0535. The van der Waals surface area contributed by atoms with E-state index < -0.39 is 0 Å². The third-order valence-corrected chi connectivity index (χ3v) is 7.14. The number of rotatable bonds is 5. The van der Waals surface area contributed by atoms with Crippen molar-refractivity contribution in [3.63, 3.8) is 0 Å².